The first-order chi connectivity index (χ1) is 10.6. The maximum atomic E-state index is 12.4. The quantitative estimate of drug-likeness (QED) is 0.908. The summed E-state index contributed by atoms with van der Waals surface area (Å²) in [5.41, 5.74) is 4.10. The van der Waals surface area contributed by atoms with Gasteiger partial charge in [-0.05, 0) is 48.8 Å². The van der Waals surface area contributed by atoms with Crippen LogP contribution < -0.4 is 5.32 Å². The van der Waals surface area contributed by atoms with Crippen molar-refractivity contribution in [2.45, 2.75) is 45.6 Å². The number of carbonyl (C=O) groups is 1. The maximum absolute atomic E-state index is 12.4. The van der Waals surface area contributed by atoms with Crippen LogP contribution in [0.25, 0.3) is 0 Å². The Balaban J connectivity index is 1.71. The van der Waals surface area contributed by atoms with Gasteiger partial charge in [0.05, 0.1) is 6.04 Å². The first-order valence-corrected chi connectivity index (χ1v) is 8.06. The van der Waals surface area contributed by atoms with Crippen LogP contribution in [0.2, 0.25) is 0 Å². The van der Waals surface area contributed by atoms with E-state index in [1.165, 1.54) is 11.1 Å². The summed E-state index contributed by atoms with van der Waals surface area (Å²) >= 11 is 0. The number of fused-ring (bicyclic) bond motifs is 1. The minimum atomic E-state index is -0.0899. The van der Waals surface area contributed by atoms with Gasteiger partial charge >= 0.3 is 0 Å². The summed E-state index contributed by atoms with van der Waals surface area (Å²) in [5, 5.41) is 10.3. The van der Waals surface area contributed by atoms with Gasteiger partial charge in [-0.2, -0.15) is 5.10 Å². The van der Waals surface area contributed by atoms with E-state index in [4.69, 9.17) is 0 Å². The number of H-pyrrole nitrogens is 1. The number of carbonyl (C=O) groups excluding carboxylic acids is 1. The van der Waals surface area contributed by atoms with Crippen molar-refractivity contribution in [1.82, 2.24) is 15.5 Å². The van der Waals surface area contributed by atoms with Crippen molar-refractivity contribution in [3.63, 3.8) is 0 Å². The van der Waals surface area contributed by atoms with Crippen LogP contribution in [0.4, 0.5) is 0 Å². The van der Waals surface area contributed by atoms with Crippen LogP contribution in [-0.2, 0) is 12.8 Å². The molecule has 0 radical (unpaired) electrons. The number of benzene rings is 1. The molecule has 0 saturated heterocycles. The number of aromatic amines is 1. The van der Waals surface area contributed by atoms with Crippen molar-refractivity contribution < 1.29 is 4.79 Å². The minimum Gasteiger partial charge on any atom is -0.344 e. The lowest BCUT2D eigenvalue weighted by atomic mass is 9.87. The Morgan fingerprint density at radius 1 is 1.41 bits per heavy atom. The van der Waals surface area contributed by atoms with Gasteiger partial charge in [-0.1, -0.05) is 38.1 Å². The van der Waals surface area contributed by atoms with Gasteiger partial charge in [0.25, 0.3) is 5.91 Å². The highest BCUT2D eigenvalue weighted by atomic mass is 16.2. The Bertz CT molecular complexity index is 660. The van der Waals surface area contributed by atoms with Gasteiger partial charge in [-0.15, -0.1) is 0 Å². The number of amides is 1. The third-order valence-corrected chi connectivity index (χ3v) is 4.17. The van der Waals surface area contributed by atoms with Gasteiger partial charge in [0.2, 0.25) is 0 Å². The molecule has 2 aromatic rings. The van der Waals surface area contributed by atoms with E-state index >= 15 is 0 Å². The van der Waals surface area contributed by atoms with Crippen molar-refractivity contribution in [1.29, 1.82) is 0 Å². The zero-order chi connectivity index (χ0) is 15.5. The van der Waals surface area contributed by atoms with Gasteiger partial charge in [0.1, 0.15) is 5.69 Å². The lowest BCUT2D eigenvalue weighted by Gasteiger charge is -2.26. The van der Waals surface area contributed by atoms with E-state index in [0.29, 0.717) is 11.6 Å². The van der Waals surface area contributed by atoms with E-state index in [9.17, 15) is 4.79 Å². The lowest BCUT2D eigenvalue weighted by molar-refractivity contribution is 0.0927. The summed E-state index contributed by atoms with van der Waals surface area (Å²) in [6, 6.07) is 10.3. The Hall–Kier alpha value is -2.10. The molecular formula is C18H23N3O. The Morgan fingerprint density at radius 2 is 2.23 bits per heavy atom. The molecule has 0 saturated carbocycles. The van der Waals surface area contributed by atoms with E-state index in [2.05, 4.69) is 47.6 Å². The van der Waals surface area contributed by atoms with Crippen LogP contribution in [0.1, 0.15) is 60.0 Å². The predicted molar refractivity (Wildman–Crippen MR) is 86.7 cm³/mol. The molecule has 0 bridgehead atoms. The summed E-state index contributed by atoms with van der Waals surface area (Å²) in [7, 11) is 0. The molecule has 1 atom stereocenters. The fraction of sp³-hybridized carbons (Fsp3) is 0.444. The van der Waals surface area contributed by atoms with Crippen LogP contribution >= 0.6 is 0 Å². The molecule has 1 aromatic heterocycles. The molecule has 116 valence electrons. The first kappa shape index (κ1) is 14.8. The summed E-state index contributed by atoms with van der Waals surface area (Å²) in [5.74, 6) is 0.453. The van der Waals surface area contributed by atoms with E-state index in [1.807, 2.05) is 12.1 Å². The van der Waals surface area contributed by atoms with E-state index in [1.54, 1.807) is 0 Å². The molecule has 0 fully saturated rings. The summed E-state index contributed by atoms with van der Waals surface area (Å²) < 4.78 is 0. The number of nitrogens with zero attached hydrogens (tertiary/aromatic N) is 1. The van der Waals surface area contributed by atoms with Crippen LogP contribution in [0.5, 0.6) is 0 Å². The van der Waals surface area contributed by atoms with Gasteiger partial charge < -0.3 is 5.32 Å². The average molecular weight is 297 g/mol. The van der Waals surface area contributed by atoms with Crippen LogP contribution in [0, 0.1) is 5.92 Å². The minimum absolute atomic E-state index is 0.0899. The third-order valence-electron chi connectivity index (χ3n) is 4.17. The normalized spacial score (nSPS) is 17.3. The maximum Gasteiger partial charge on any atom is 0.272 e. The van der Waals surface area contributed by atoms with Gasteiger partial charge in [-0.3, -0.25) is 9.89 Å². The number of hydrogen-bond donors (Lipinski definition) is 2. The zero-order valence-electron chi connectivity index (χ0n) is 13.2. The molecule has 22 heavy (non-hydrogen) atoms. The molecule has 0 spiro atoms. The highest BCUT2D eigenvalue weighted by Crippen LogP contribution is 2.29. The van der Waals surface area contributed by atoms with Crippen molar-refractivity contribution in [2.24, 2.45) is 5.92 Å². The van der Waals surface area contributed by atoms with Crippen LogP contribution in [-0.4, -0.2) is 16.1 Å². The first-order valence-electron chi connectivity index (χ1n) is 8.06. The van der Waals surface area contributed by atoms with Gasteiger partial charge in [-0.25, -0.2) is 0 Å². The molecule has 1 aliphatic rings. The number of aromatic nitrogens is 2. The molecule has 1 amide bonds. The smallest absolute Gasteiger partial charge is 0.272 e. The Morgan fingerprint density at radius 3 is 3.05 bits per heavy atom. The molecule has 0 aliphatic heterocycles. The Kier molecular flexibility index (Phi) is 4.27. The number of aryl methyl sites for hydroxylation is 1. The molecule has 4 heteroatoms. The molecule has 3 rings (SSSR count). The van der Waals surface area contributed by atoms with Crippen LogP contribution in [0.3, 0.4) is 0 Å². The summed E-state index contributed by atoms with van der Waals surface area (Å²) in [4.78, 5) is 12.4. The highest BCUT2D eigenvalue weighted by Gasteiger charge is 2.22. The number of rotatable bonds is 4. The lowest BCUT2D eigenvalue weighted by Crippen LogP contribution is -2.31. The van der Waals surface area contributed by atoms with Crippen LogP contribution in [0.15, 0.2) is 30.3 Å². The number of hydrogen-bond acceptors (Lipinski definition) is 2. The fourth-order valence-corrected chi connectivity index (χ4v) is 3.16. The molecule has 1 aliphatic carbocycles. The van der Waals surface area contributed by atoms with Crippen molar-refractivity contribution in [2.75, 3.05) is 0 Å². The monoisotopic (exact) mass is 297 g/mol. The third kappa shape index (κ3) is 3.21. The van der Waals surface area contributed by atoms with Gasteiger partial charge in [0, 0.05) is 5.69 Å². The molecule has 1 aromatic carbocycles. The second kappa shape index (κ2) is 6.34. The summed E-state index contributed by atoms with van der Waals surface area (Å²) in [6.07, 6.45) is 4.11. The van der Waals surface area contributed by atoms with E-state index in [0.717, 1.165) is 31.4 Å². The topological polar surface area (TPSA) is 57.8 Å². The largest absolute Gasteiger partial charge is 0.344 e. The van der Waals surface area contributed by atoms with Crippen molar-refractivity contribution in [3.05, 3.63) is 52.8 Å². The second-order valence-corrected chi connectivity index (χ2v) is 6.49. The average Bonchev–Trinajstić information content (AvgIpc) is 2.95. The number of nitrogens with one attached hydrogen (secondary N) is 2. The Labute approximate surface area is 131 Å². The summed E-state index contributed by atoms with van der Waals surface area (Å²) in [6.45, 7) is 4.30. The predicted octanol–water partition coefficient (Wildman–Crippen LogP) is 3.42. The SMILES string of the molecule is CC(C)Cc1cc(C(=O)NC2CCCc3ccccc32)n[nH]1. The fourth-order valence-electron chi connectivity index (χ4n) is 3.16. The molecule has 2 N–H and O–H groups in total. The second-order valence-electron chi connectivity index (χ2n) is 6.49. The van der Waals surface area contributed by atoms with E-state index in [-0.39, 0.29) is 11.9 Å². The molecule has 4 nitrogen and oxygen atoms in total. The van der Waals surface area contributed by atoms with Crippen molar-refractivity contribution in [3.8, 4) is 0 Å². The molecular weight excluding hydrogens is 274 g/mol. The highest BCUT2D eigenvalue weighted by molar-refractivity contribution is 5.92. The molecule has 1 unspecified atom stereocenters. The van der Waals surface area contributed by atoms with Crippen molar-refractivity contribution >= 4 is 5.91 Å². The van der Waals surface area contributed by atoms with E-state index < -0.39 is 0 Å². The van der Waals surface area contributed by atoms with Gasteiger partial charge in [0.15, 0.2) is 0 Å². The molecule has 1 heterocycles. The zero-order valence-corrected chi connectivity index (χ0v) is 13.2. The standard InChI is InChI=1S/C18H23N3O/c1-12(2)10-14-11-17(21-20-14)18(22)19-16-9-5-7-13-6-3-4-8-15(13)16/h3-4,6,8,11-12,16H,5,7,9-10H2,1-2H3,(H,19,22)(H,20,21).